The minimum Gasteiger partial charge on any atom is -0.303 e. The molecule has 66 valence electrons. The van der Waals surface area contributed by atoms with E-state index in [1.807, 2.05) is 0 Å². The lowest BCUT2D eigenvalue weighted by atomic mass is 10.1. The van der Waals surface area contributed by atoms with E-state index in [0.717, 1.165) is 12.1 Å². The van der Waals surface area contributed by atoms with Crippen LogP contribution in [0.15, 0.2) is 12.1 Å². The molecule has 13 heavy (non-hydrogen) atoms. The van der Waals surface area contributed by atoms with Crippen molar-refractivity contribution in [2.75, 3.05) is 0 Å². The third-order valence-corrected chi connectivity index (χ3v) is 1.53. The Labute approximate surface area is 73.4 Å². The number of nitrogens with zero attached hydrogens (tertiary/aromatic N) is 1. The van der Waals surface area contributed by atoms with Crippen LogP contribution in [0.1, 0.15) is 11.1 Å². The molecule has 0 aliphatic heterocycles. The second-order valence-electron chi connectivity index (χ2n) is 2.42. The van der Waals surface area contributed by atoms with Crippen LogP contribution in [0.5, 0.6) is 0 Å². The molecular weight excluding hydrogens is 176 g/mol. The number of hydrogen-bond acceptors (Lipinski definition) is 2. The van der Waals surface area contributed by atoms with Crippen LogP contribution in [0, 0.1) is 23.0 Å². The zero-order valence-corrected chi connectivity index (χ0v) is 6.55. The fraction of sp³-hybridized carbons (Fsp3) is 0.111. The SMILES string of the molecule is N#Cc1c(F)cc(CC=O)cc1F. The quantitative estimate of drug-likeness (QED) is 0.650. The van der Waals surface area contributed by atoms with E-state index in [1.54, 1.807) is 0 Å². The summed E-state index contributed by atoms with van der Waals surface area (Å²) in [5, 5.41) is 8.32. The van der Waals surface area contributed by atoms with E-state index in [2.05, 4.69) is 0 Å². The first-order valence-corrected chi connectivity index (χ1v) is 3.50. The third-order valence-electron chi connectivity index (χ3n) is 1.53. The Kier molecular flexibility index (Phi) is 2.70. The molecule has 0 aromatic heterocycles. The fourth-order valence-corrected chi connectivity index (χ4v) is 0.947. The zero-order chi connectivity index (χ0) is 9.84. The molecule has 0 aliphatic carbocycles. The number of halogens is 2. The molecule has 0 N–H and O–H groups in total. The van der Waals surface area contributed by atoms with Gasteiger partial charge in [0.2, 0.25) is 0 Å². The van der Waals surface area contributed by atoms with E-state index in [4.69, 9.17) is 5.26 Å². The zero-order valence-electron chi connectivity index (χ0n) is 6.55. The molecule has 0 amide bonds. The highest BCUT2D eigenvalue weighted by Gasteiger charge is 2.09. The number of rotatable bonds is 2. The molecule has 4 heteroatoms. The summed E-state index contributed by atoms with van der Waals surface area (Å²) < 4.78 is 25.7. The monoisotopic (exact) mass is 181 g/mol. The Hall–Kier alpha value is -1.76. The van der Waals surface area contributed by atoms with Gasteiger partial charge in [0, 0.05) is 6.42 Å². The van der Waals surface area contributed by atoms with Gasteiger partial charge in [-0.25, -0.2) is 8.78 Å². The van der Waals surface area contributed by atoms with Gasteiger partial charge in [0.25, 0.3) is 0 Å². The van der Waals surface area contributed by atoms with Gasteiger partial charge < -0.3 is 4.79 Å². The minimum absolute atomic E-state index is 0.0560. The van der Waals surface area contributed by atoms with E-state index >= 15 is 0 Å². The van der Waals surface area contributed by atoms with Crippen molar-refractivity contribution in [3.63, 3.8) is 0 Å². The van der Waals surface area contributed by atoms with Crippen molar-refractivity contribution < 1.29 is 13.6 Å². The summed E-state index contributed by atoms with van der Waals surface area (Å²) >= 11 is 0. The van der Waals surface area contributed by atoms with Gasteiger partial charge in [0.15, 0.2) is 0 Å². The molecule has 1 rings (SSSR count). The highest BCUT2D eigenvalue weighted by Crippen LogP contribution is 2.14. The van der Waals surface area contributed by atoms with Crippen LogP contribution in [0.3, 0.4) is 0 Å². The van der Waals surface area contributed by atoms with Gasteiger partial charge in [-0.3, -0.25) is 0 Å². The van der Waals surface area contributed by atoms with Crippen LogP contribution in [0.25, 0.3) is 0 Å². The molecule has 0 atom stereocenters. The Balaban J connectivity index is 3.21. The van der Waals surface area contributed by atoms with Gasteiger partial charge in [0.05, 0.1) is 0 Å². The van der Waals surface area contributed by atoms with Crippen LogP contribution in [0.2, 0.25) is 0 Å². The van der Waals surface area contributed by atoms with Crippen LogP contribution < -0.4 is 0 Å². The van der Waals surface area contributed by atoms with Gasteiger partial charge in [-0.15, -0.1) is 0 Å². The molecule has 0 saturated heterocycles. The third kappa shape index (κ3) is 1.88. The minimum atomic E-state index is -0.931. The summed E-state index contributed by atoms with van der Waals surface area (Å²) in [5.41, 5.74) is -0.390. The lowest BCUT2D eigenvalue weighted by molar-refractivity contribution is -0.107. The van der Waals surface area contributed by atoms with Gasteiger partial charge in [-0.05, 0) is 17.7 Å². The number of carbonyl (C=O) groups is 1. The number of benzene rings is 1. The molecule has 1 aromatic rings. The smallest absolute Gasteiger partial charge is 0.144 e. The average Bonchev–Trinajstić information content (AvgIpc) is 2.04. The standard InChI is InChI=1S/C9H5F2NO/c10-8-3-6(1-2-13)4-9(11)7(8)5-12/h2-4H,1H2. The predicted octanol–water partition coefficient (Wildman–Crippen LogP) is 1.58. The largest absolute Gasteiger partial charge is 0.303 e. The second kappa shape index (κ2) is 3.76. The number of carbonyl (C=O) groups excluding carboxylic acids is 1. The van der Waals surface area contributed by atoms with Crippen molar-refractivity contribution in [1.29, 1.82) is 5.26 Å². The summed E-state index contributed by atoms with van der Waals surface area (Å²) in [6.07, 6.45) is 0.486. The number of aldehydes is 1. The molecular formula is C9H5F2NO. The van der Waals surface area contributed by atoms with Crippen molar-refractivity contribution >= 4 is 6.29 Å². The molecule has 0 bridgehead atoms. The van der Waals surface area contributed by atoms with E-state index in [1.165, 1.54) is 6.07 Å². The Bertz CT molecular complexity index is 359. The van der Waals surface area contributed by atoms with Crippen LogP contribution >= 0.6 is 0 Å². The summed E-state index contributed by atoms with van der Waals surface area (Å²) in [4.78, 5) is 10.0. The van der Waals surface area contributed by atoms with Gasteiger partial charge >= 0.3 is 0 Å². The van der Waals surface area contributed by atoms with Gasteiger partial charge in [0.1, 0.15) is 29.6 Å². The van der Waals surface area contributed by atoms with Crippen molar-refractivity contribution in [3.05, 3.63) is 34.9 Å². The molecule has 0 unspecified atom stereocenters. The Morgan fingerprint density at radius 2 is 1.92 bits per heavy atom. The first kappa shape index (κ1) is 9.33. The normalized spacial score (nSPS) is 9.31. The van der Waals surface area contributed by atoms with Crippen molar-refractivity contribution in [2.24, 2.45) is 0 Å². The number of hydrogen-bond donors (Lipinski definition) is 0. The summed E-state index contributed by atoms with van der Waals surface area (Å²) in [6.45, 7) is 0. The van der Waals surface area contributed by atoms with Crippen LogP contribution in [-0.2, 0) is 11.2 Å². The second-order valence-corrected chi connectivity index (χ2v) is 2.42. The fourth-order valence-electron chi connectivity index (χ4n) is 0.947. The highest BCUT2D eigenvalue weighted by molar-refractivity contribution is 5.55. The summed E-state index contributed by atoms with van der Waals surface area (Å²) in [6, 6.07) is 3.36. The maximum atomic E-state index is 12.9. The molecule has 0 saturated carbocycles. The first-order chi connectivity index (χ1) is 6.19. The van der Waals surface area contributed by atoms with Crippen LogP contribution in [-0.4, -0.2) is 6.29 Å². The summed E-state index contributed by atoms with van der Waals surface area (Å²) in [7, 11) is 0. The Morgan fingerprint density at radius 3 is 2.31 bits per heavy atom. The van der Waals surface area contributed by atoms with E-state index in [9.17, 15) is 13.6 Å². The maximum absolute atomic E-state index is 12.9. The van der Waals surface area contributed by atoms with Crippen molar-refractivity contribution in [3.8, 4) is 6.07 Å². The Morgan fingerprint density at radius 1 is 1.38 bits per heavy atom. The molecule has 2 nitrogen and oxygen atoms in total. The van der Waals surface area contributed by atoms with E-state index < -0.39 is 17.2 Å². The molecule has 0 spiro atoms. The number of nitriles is 1. The molecule has 1 aromatic carbocycles. The van der Waals surface area contributed by atoms with Gasteiger partial charge in [-0.1, -0.05) is 0 Å². The summed E-state index contributed by atoms with van der Waals surface area (Å²) in [5.74, 6) is -1.86. The lowest BCUT2D eigenvalue weighted by Gasteiger charge is -1.99. The van der Waals surface area contributed by atoms with Crippen molar-refractivity contribution in [2.45, 2.75) is 6.42 Å². The topological polar surface area (TPSA) is 40.9 Å². The van der Waals surface area contributed by atoms with Crippen molar-refractivity contribution in [1.82, 2.24) is 0 Å². The molecule has 0 fully saturated rings. The van der Waals surface area contributed by atoms with Crippen LogP contribution in [0.4, 0.5) is 8.78 Å². The molecule has 0 radical (unpaired) electrons. The first-order valence-electron chi connectivity index (χ1n) is 3.50. The lowest BCUT2D eigenvalue weighted by Crippen LogP contribution is -1.95. The average molecular weight is 181 g/mol. The van der Waals surface area contributed by atoms with E-state index in [-0.39, 0.29) is 12.0 Å². The highest BCUT2D eigenvalue weighted by atomic mass is 19.1. The predicted molar refractivity (Wildman–Crippen MR) is 40.8 cm³/mol. The van der Waals surface area contributed by atoms with Gasteiger partial charge in [-0.2, -0.15) is 5.26 Å². The van der Waals surface area contributed by atoms with E-state index in [0.29, 0.717) is 6.29 Å². The molecule has 0 aliphatic rings. The molecule has 0 heterocycles. The maximum Gasteiger partial charge on any atom is 0.144 e.